The van der Waals surface area contributed by atoms with E-state index in [1.807, 2.05) is 0 Å². The molecule has 4 nitrogen and oxygen atoms in total. The van der Waals surface area contributed by atoms with Crippen molar-refractivity contribution in [1.82, 2.24) is 4.98 Å². The number of halogens is 3. The molecule has 0 aliphatic carbocycles. The lowest BCUT2D eigenvalue weighted by Crippen LogP contribution is -2.29. The number of aromatic nitrogens is 1. The molecular formula is C12H14F3N3O. The second-order valence-electron chi connectivity index (χ2n) is 4.57. The van der Waals surface area contributed by atoms with Crippen molar-refractivity contribution in [3.63, 3.8) is 0 Å². The molecule has 2 heterocycles. The Labute approximate surface area is 108 Å². The molecule has 104 valence electrons. The molecule has 1 saturated heterocycles. The number of carbonyl (C=O) groups is 1. The van der Waals surface area contributed by atoms with E-state index in [9.17, 15) is 18.0 Å². The Balaban J connectivity index is 2.30. The monoisotopic (exact) mass is 273 g/mol. The number of nitrogens with two attached hydrogens (primary N) is 1. The van der Waals surface area contributed by atoms with Gasteiger partial charge < -0.3 is 10.6 Å². The quantitative estimate of drug-likeness (QED) is 0.838. The first-order chi connectivity index (χ1) is 8.89. The van der Waals surface area contributed by atoms with Gasteiger partial charge in [-0.15, -0.1) is 0 Å². The summed E-state index contributed by atoms with van der Waals surface area (Å²) in [4.78, 5) is 16.4. The zero-order valence-electron chi connectivity index (χ0n) is 10.2. The minimum absolute atomic E-state index is 0.0176. The first kappa shape index (κ1) is 13.6. The van der Waals surface area contributed by atoms with Crippen molar-refractivity contribution in [2.45, 2.75) is 25.2 Å². The fraction of sp³-hybridized carbons (Fsp3) is 0.500. The Morgan fingerprint density at radius 3 is 2.74 bits per heavy atom. The van der Waals surface area contributed by atoms with Gasteiger partial charge in [0.05, 0.1) is 5.56 Å². The number of alkyl halides is 2. The predicted octanol–water partition coefficient (Wildman–Crippen LogP) is 1.95. The zero-order chi connectivity index (χ0) is 14.0. The maximum atomic E-state index is 13.3. The Bertz CT molecular complexity index is 493. The number of nitrogens with zero attached hydrogens (tertiary/aromatic N) is 2. The van der Waals surface area contributed by atoms with Crippen molar-refractivity contribution in [1.29, 1.82) is 0 Å². The zero-order valence-corrected chi connectivity index (χ0v) is 10.2. The van der Waals surface area contributed by atoms with Crippen LogP contribution in [-0.2, 0) is 0 Å². The summed E-state index contributed by atoms with van der Waals surface area (Å²) in [5, 5.41) is 0. The molecule has 2 N–H and O–H groups in total. The average molecular weight is 273 g/mol. The smallest absolute Gasteiger partial charge is 0.252 e. The van der Waals surface area contributed by atoms with Crippen molar-refractivity contribution >= 4 is 11.7 Å². The van der Waals surface area contributed by atoms with Gasteiger partial charge >= 0.3 is 0 Å². The van der Waals surface area contributed by atoms with Gasteiger partial charge in [0.1, 0.15) is 5.82 Å². The molecule has 1 fully saturated rings. The van der Waals surface area contributed by atoms with Crippen LogP contribution in [-0.4, -0.2) is 29.9 Å². The lowest BCUT2D eigenvalue weighted by atomic mass is 10.1. The van der Waals surface area contributed by atoms with E-state index in [0.717, 1.165) is 6.07 Å². The van der Waals surface area contributed by atoms with E-state index in [0.29, 0.717) is 6.54 Å². The van der Waals surface area contributed by atoms with Gasteiger partial charge in [-0.1, -0.05) is 0 Å². The van der Waals surface area contributed by atoms with Gasteiger partial charge in [0.15, 0.2) is 0 Å². The largest absolute Gasteiger partial charge is 0.365 e. The summed E-state index contributed by atoms with van der Waals surface area (Å²) in [7, 11) is 0. The highest BCUT2D eigenvalue weighted by atomic mass is 19.3. The molecule has 1 aliphatic heterocycles. The molecule has 19 heavy (non-hydrogen) atoms. The molecule has 1 amide bonds. The molecule has 1 aliphatic rings. The minimum Gasteiger partial charge on any atom is -0.365 e. The number of hydrogen-bond donors (Lipinski definition) is 1. The highest BCUT2D eigenvalue weighted by Crippen LogP contribution is 2.30. The maximum Gasteiger partial charge on any atom is 0.252 e. The molecule has 0 bridgehead atoms. The van der Waals surface area contributed by atoms with Gasteiger partial charge in [0, 0.05) is 25.9 Å². The van der Waals surface area contributed by atoms with Crippen molar-refractivity contribution in [3.05, 3.63) is 23.6 Å². The second kappa shape index (κ2) is 5.07. The highest BCUT2D eigenvalue weighted by Gasteiger charge is 2.32. The summed E-state index contributed by atoms with van der Waals surface area (Å²) in [6, 6.07) is 2.25. The molecule has 0 radical (unpaired) electrons. The lowest BCUT2D eigenvalue weighted by Gasteiger charge is -2.23. The summed E-state index contributed by atoms with van der Waals surface area (Å²) in [6.45, 7) is 0.316. The van der Waals surface area contributed by atoms with Gasteiger partial charge in [-0.05, 0) is 18.6 Å². The van der Waals surface area contributed by atoms with E-state index < -0.39 is 17.8 Å². The van der Waals surface area contributed by atoms with Crippen LogP contribution in [0.15, 0.2) is 12.1 Å². The van der Waals surface area contributed by atoms with E-state index in [-0.39, 0.29) is 37.2 Å². The number of anilines is 1. The van der Waals surface area contributed by atoms with Gasteiger partial charge in [-0.2, -0.15) is 4.39 Å². The number of primary amides is 1. The van der Waals surface area contributed by atoms with Gasteiger partial charge in [-0.25, -0.2) is 13.8 Å². The third kappa shape index (κ3) is 3.15. The molecule has 1 aromatic rings. The third-order valence-electron chi connectivity index (χ3n) is 3.12. The number of rotatable bonds is 2. The van der Waals surface area contributed by atoms with Crippen LogP contribution < -0.4 is 10.6 Å². The molecule has 0 spiro atoms. The van der Waals surface area contributed by atoms with Crippen molar-refractivity contribution in [2.24, 2.45) is 5.73 Å². The van der Waals surface area contributed by atoms with Crippen LogP contribution >= 0.6 is 0 Å². The first-order valence-electron chi connectivity index (χ1n) is 5.98. The number of amides is 1. The molecule has 0 aromatic carbocycles. The van der Waals surface area contributed by atoms with Gasteiger partial charge in [0.2, 0.25) is 11.9 Å². The standard InChI is InChI=1S/C12H14F3N3O/c13-9-3-2-8(10(16)19)11(17-9)18-6-1-4-12(14,15)5-7-18/h2-3H,1,4-7H2,(H2,16,19). The molecule has 0 atom stereocenters. The highest BCUT2D eigenvalue weighted by molar-refractivity contribution is 5.97. The van der Waals surface area contributed by atoms with E-state index in [1.54, 1.807) is 0 Å². The maximum absolute atomic E-state index is 13.3. The number of carbonyl (C=O) groups excluding carboxylic acids is 1. The normalized spacial score (nSPS) is 19.0. The summed E-state index contributed by atoms with van der Waals surface area (Å²) < 4.78 is 39.7. The lowest BCUT2D eigenvalue weighted by molar-refractivity contribution is -0.0102. The Morgan fingerprint density at radius 1 is 1.32 bits per heavy atom. The van der Waals surface area contributed by atoms with E-state index in [2.05, 4.69) is 4.98 Å². The molecule has 1 aromatic heterocycles. The van der Waals surface area contributed by atoms with E-state index in [4.69, 9.17) is 5.73 Å². The van der Waals surface area contributed by atoms with Crippen LogP contribution in [0.4, 0.5) is 19.0 Å². The van der Waals surface area contributed by atoms with Crippen LogP contribution in [0.5, 0.6) is 0 Å². The Kier molecular flexibility index (Phi) is 3.64. The summed E-state index contributed by atoms with van der Waals surface area (Å²) >= 11 is 0. The Morgan fingerprint density at radius 2 is 2.05 bits per heavy atom. The molecule has 0 unspecified atom stereocenters. The second-order valence-corrected chi connectivity index (χ2v) is 4.57. The van der Waals surface area contributed by atoms with Crippen molar-refractivity contribution in [3.8, 4) is 0 Å². The van der Waals surface area contributed by atoms with Crippen LogP contribution in [0.25, 0.3) is 0 Å². The summed E-state index contributed by atoms with van der Waals surface area (Å²) in [5.41, 5.74) is 5.24. The third-order valence-corrected chi connectivity index (χ3v) is 3.12. The van der Waals surface area contributed by atoms with Crippen LogP contribution in [0.3, 0.4) is 0 Å². The van der Waals surface area contributed by atoms with E-state index in [1.165, 1.54) is 11.0 Å². The molecule has 2 rings (SSSR count). The van der Waals surface area contributed by atoms with Gasteiger partial charge in [-0.3, -0.25) is 4.79 Å². The molecule has 7 heteroatoms. The Hall–Kier alpha value is -1.79. The summed E-state index contributed by atoms with van der Waals surface area (Å²) in [6.07, 6.45) is -0.308. The molecule has 0 saturated carbocycles. The first-order valence-corrected chi connectivity index (χ1v) is 5.98. The van der Waals surface area contributed by atoms with Crippen molar-refractivity contribution in [2.75, 3.05) is 18.0 Å². The summed E-state index contributed by atoms with van der Waals surface area (Å²) in [5.74, 6) is -4.20. The van der Waals surface area contributed by atoms with Crippen molar-refractivity contribution < 1.29 is 18.0 Å². The fourth-order valence-corrected chi connectivity index (χ4v) is 2.13. The number of pyridine rings is 1. The van der Waals surface area contributed by atoms with Crippen LogP contribution in [0.2, 0.25) is 0 Å². The van der Waals surface area contributed by atoms with E-state index >= 15 is 0 Å². The minimum atomic E-state index is -2.73. The average Bonchev–Trinajstić information content (AvgIpc) is 2.49. The number of hydrogen-bond acceptors (Lipinski definition) is 3. The van der Waals surface area contributed by atoms with Gasteiger partial charge in [0.25, 0.3) is 5.91 Å². The molecular weight excluding hydrogens is 259 g/mol. The fourth-order valence-electron chi connectivity index (χ4n) is 2.13. The SMILES string of the molecule is NC(=O)c1ccc(F)nc1N1CCCC(F)(F)CC1. The topological polar surface area (TPSA) is 59.2 Å². The predicted molar refractivity (Wildman–Crippen MR) is 63.7 cm³/mol. The van der Waals surface area contributed by atoms with Crippen LogP contribution in [0, 0.1) is 5.95 Å². The van der Waals surface area contributed by atoms with Crippen LogP contribution in [0.1, 0.15) is 29.6 Å².